The Kier molecular flexibility index (Phi) is 10.9. The van der Waals surface area contributed by atoms with Crippen molar-refractivity contribution in [1.29, 1.82) is 0 Å². The molecular formula is C23H46NO5+. The average molecular weight is 417 g/mol. The highest BCUT2D eigenvalue weighted by Gasteiger charge is 2.40. The van der Waals surface area contributed by atoms with Crippen LogP contribution in [0.2, 0.25) is 0 Å². The van der Waals surface area contributed by atoms with Gasteiger partial charge in [0.15, 0.2) is 0 Å². The van der Waals surface area contributed by atoms with Gasteiger partial charge >= 0.3 is 11.9 Å². The first-order chi connectivity index (χ1) is 13.1. The van der Waals surface area contributed by atoms with Gasteiger partial charge in [0.25, 0.3) is 0 Å². The molecule has 0 radical (unpaired) electrons. The standard InChI is InChI=1S/C23H46NO5/c1-11-14-22(5,6)29-18-23(7,17-28-19(25)21(3,4)12-2)20(26)27-16-13-15-24(8,9)10/h11-18H2,1-10H3/q+1. The molecule has 0 aliphatic carbocycles. The number of carbonyl (C=O) groups excluding carboxylic acids is 2. The molecule has 0 saturated carbocycles. The first-order valence-corrected chi connectivity index (χ1v) is 10.9. The summed E-state index contributed by atoms with van der Waals surface area (Å²) >= 11 is 0. The smallest absolute Gasteiger partial charge is 0.317 e. The highest BCUT2D eigenvalue weighted by Crippen LogP contribution is 2.28. The third kappa shape index (κ3) is 11.0. The lowest BCUT2D eigenvalue weighted by atomic mass is 9.89. The summed E-state index contributed by atoms with van der Waals surface area (Å²) in [5.41, 5.74) is -1.98. The minimum absolute atomic E-state index is 0.0500. The Labute approximate surface area is 178 Å². The maximum atomic E-state index is 12.9. The van der Waals surface area contributed by atoms with E-state index in [9.17, 15) is 9.59 Å². The molecule has 6 heteroatoms. The number of ether oxygens (including phenoxy) is 3. The molecule has 0 aromatic heterocycles. The number of esters is 2. The van der Waals surface area contributed by atoms with E-state index < -0.39 is 10.8 Å². The zero-order valence-electron chi connectivity index (χ0n) is 20.6. The second-order valence-electron chi connectivity index (χ2n) is 10.7. The third-order valence-corrected chi connectivity index (χ3v) is 5.29. The number of rotatable bonds is 14. The molecule has 0 bridgehead atoms. The van der Waals surface area contributed by atoms with Crippen LogP contribution < -0.4 is 0 Å². The number of nitrogens with zero attached hydrogens (tertiary/aromatic N) is 1. The van der Waals surface area contributed by atoms with Crippen molar-refractivity contribution in [2.24, 2.45) is 10.8 Å². The number of hydrogen-bond donors (Lipinski definition) is 0. The second kappa shape index (κ2) is 11.3. The van der Waals surface area contributed by atoms with E-state index in [1.54, 1.807) is 6.92 Å². The summed E-state index contributed by atoms with van der Waals surface area (Å²) in [6.07, 6.45) is 3.30. The Morgan fingerprint density at radius 2 is 1.45 bits per heavy atom. The van der Waals surface area contributed by atoms with E-state index >= 15 is 0 Å². The van der Waals surface area contributed by atoms with Gasteiger partial charge in [-0.15, -0.1) is 0 Å². The SMILES string of the molecule is CCCC(C)(C)OCC(C)(COC(=O)C(C)(C)CC)C(=O)OCCC[N+](C)(C)C. The zero-order chi connectivity index (χ0) is 22.9. The largest absolute Gasteiger partial charge is 0.465 e. The molecule has 172 valence electrons. The molecular weight excluding hydrogens is 370 g/mol. The van der Waals surface area contributed by atoms with Crippen LogP contribution in [-0.4, -0.2) is 69.5 Å². The molecule has 0 rings (SSSR count). The summed E-state index contributed by atoms with van der Waals surface area (Å²) in [4.78, 5) is 25.3. The van der Waals surface area contributed by atoms with Gasteiger partial charge in [-0.3, -0.25) is 9.59 Å². The molecule has 6 nitrogen and oxygen atoms in total. The van der Waals surface area contributed by atoms with Gasteiger partial charge in [0.1, 0.15) is 12.0 Å². The minimum atomic E-state index is -1.04. The van der Waals surface area contributed by atoms with Crippen molar-refractivity contribution in [1.82, 2.24) is 0 Å². The lowest BCUT2D eigenvalue weighted by Gasteiger charge is -2.33. The van der Waals surface area contributed by atoms with Gasteiger partial charge in [-0.1, -0.05) is 20.3 Å². The monoisotopic (exact) mass is 416 g/mol. The van der Waals surface area contributed by atoms with Crippen LogP contribution in [0.25, 0.3) is 0 Å². The van der Waals surface area contributed by atoms with Gasteiger partial charge < -0.3 is 18.7 Å². The molecule has 0 fully saturated rings. The van der Waals surface area contributed by atoms with E-state index in [2.05, 4.69) is 28.1 Å². The summed E-state index contributed by atoms with van der Waals surface area (Å²) in [6, 6.07) is 0. The predicted molar refractivity (Wildman–Crippen MR) is 117 cm³/mol. The van der Waals surface area contributed by atoms with E-state index in [0.29, 0.717) is 13.0 Å². The topological polar surface area (TPSA) is 61.8 Å². The van der Waals surface area contributed by atoms with Gasteiger partial charge in [0, 0.05) is 6.42 Å². The molecule has 1 unspecified atom stereocenters. The molecule has 1 atom stereocenters. The predicted octanol–water partition coefficient (Wildman–Crippen LogP) is 4.21. The molecule has 0 aromatic carbocycles. The minimum Gasteiger partial charge on any atom is -0.465 e. The molecule has 29 heavy (non-hydrogen) atoms. The van der Waals surface area contributed by atoms with Gasteiger partial charge in [-0.25, -0.2) is 0 Å². The molecule has 0 saturated heterocycles. The van der Waals surface area contributed by atoms with Crippen LogP contribution in [-0.2, 0) is 23.8 Å². The Bertz CT molecular complexity index is 522. The lowest BCUT2D eigenvalue weighted by Crippen LogP contribution is -2.44. The van der Waals surface area contributed by atoms with E-state index in [1.807, 2.05) is 34.6 Å². The van der Waals surface area contributed by atoms with Gasteiger partial charge in [0.05, 0.1) is 51.9 Å². The number of carbonyl (C=O) groups is 2. The van der Waals surface area contributed by atoms with E-state index in [-0.39, 0.29) is 30.8 Å². The Morgan fingerprint density at radius 1 is 0.862 bits per heavy atom. The fourth-order valence-corrected chi connectivity index (χ4v) is 2.63. The Morgan fingerprint density at radius 3 is 1.93 bits per heavy atom. The van der Waals surface area contributed by atoms with E-state index in [1.165, 1.54) is 0 Å². The molecule has 0 aromatic rings. The van der Waals surface area contributed by atoms with Crippen LogP contribution >= 0.6 is 0 Å². The van der Waals surface area contributed by atoms with Crippen LogP contribution in [0.5, 0.6) is 0 Å². The van der Waals surface area contributed by atoms with Crippen LogP contribution in [0.1, 0.15) is 74.1 Å². The number of quaternary nitrogens is 1. The summed E-state index contributed by atoms with van der Waals surface area (Å²) in [7, 11) is 6.31. The Balaban J connectivity index is 5.11. The lowest BCUT2D eigenvalue weighted by molar-refractivity contribution is -0.870. The summed E-state index contributed by atoms with van der Waals surface area (Å²) in [5.74, 6) is -0.690. The van der Waals surface area contributed by atoms with Crippen molar-refractivity contribution in [3.63, 3.8) is 0 Å². The molecule has 0 spiro atoms. The highest BCUT2D eigenvalue weighted by molar-refractivity contribution is 5.79. The molecule has 0 aliphatic heterocycles. The van der Waals surface area contributed by atoms with Crippen LogP contribution in [0.15, 0.2) is 0 Å². The van der Waals surface area contributed by atoms with E-state index in [0.717, 1.165) is 30.3 Å². The summed E-state index contributed by atoms with van der Waals surface area (Å²) in [6.45, 7) is 14.8. The van der Waals surface area contributed by atoms with Crippen molar-refractivity contribution in [3.05, 3.63) is 0 Å². The fourth-order valence-electron chi connectivity index (χ4n) is 2.63. The fraction of sp³-hybridized carbons (Fsp3) is 0.913. The van der Waals surface area contributed by atoms with Crippen molar-refractivity contribution < 1.29 is 28.3 Å². The van der Waals surface area contributed by atoms with Crippen molar-refractivity contribution in [2.45, 2.75) is 79.8 Å². The first-order valence-electron chi connectivity index (χ1n) is 10.9. The van der Waals surface area contributed by atoms with Crippen molar-refractivity contribution >= 4 is 11.9 Å². The molecule has 0 aliphatic rings. The Hall–Kier alpha value is -1.14. The van der Waals surface area contributed by atoms with Crippen LogP contribution in [0.3, 0.4) is 0 Å². The summed E-state index contributed by atoms with van der Waals surface area (Å²) < 4.78 is 18.0. The molecule has 0 N–H and O–H groups in total. The average Bonchev–Trinajstić information content (AvgIpc) is 2.60. The molecule has 0 amide bonds. The summed E-state index contributed by atoms with van der Waals surface area (Å²) in [5, 5.41) is 0. The highest BCUT2D eigenvalue weighted by atomic mass is 16.6. The van der Waals surface area contributed by atoms with Gasteiger partial charge in [-0.2, -0.15) is 0 Å². The normalized spacial score (nSPS) is 15.0. The second-order valence-corrected chi connectivity index (χ2v) is 10.7. The number of hydrogen-bond acceptors (Lipinski definition) is 5. The maximum absolute atomic E-state index is 12.9. The quantitative estimate of drug-likeness (QED) is 0.241. The van der Waals surface area contributed by atoms with Crippen molar-refractivity contribution in [3.8, 4) is 0 Å². The third-order valence-electron chi connectivity index (χ3n) is 5.29. The van der Waals surface area contributed by atoms with Gasteiger partial charge in [-0.05, 0) is 47.5 Å². The maximum Gasteiger partial charge on any atom is 0.317 e. The van der Waals surface area contributed by atoms with E-state index in [4.69, 9.17) is 14.2 Å². The van der Waals surface area contributed by atoms with Crippen LogP contribution in [0, 0.1) is 10.8 Å². The first kappa shape index (κ1) is 27.9. The van der Waals surface area contributed by atoms with Crippen molar-refractivity contribution in [2.75, 3.05) is 47.5 Å². The van der Waals surface area contributed by atoms with Crippen LogP contribution in [0.4, 0.5) is 0 Å². The van der Waals surface area contributed by atoms with Gasteiger partial charge in [0.2, 0.25) is 0 Å². The zero-order valence-corrected chi connectivity index (χ0v) is 20.6. The molecule has 0 heterocycles.